The number of nitrogens with one attached hydrogen (secondary N) is 1. The van der Waals surface area contributed by atoms with E-state index in [-0.39, 0.29) is 0 Å². The zero-order chi connectivity index (χ0) is 12.6. The van der Waals surface area contributed by atoms with Crippen LogP contribution in [0.25, 0.3) is 0 Å². The predicted molar refractivity (Wildman–Crippen MR) is 74.9 cm³/mol. The molecule has 1 N–H and O–H groups in total. The minimum absolute atomic E-state index is 0.839. The number of terminal acetylenes is 1. The first-order chi connectivity index (χ1) is 8.90. The molecule has 1 aliphatic rings. The molecular formula is C16H21NO. The van der Waals surface area contributed by atoms with Crippen molar-refractivity contribution in [3.63, 3.8) is 0 Å². The summed E-state index contributed by atoms with van der Waals surface area (Å²) in [6.45, 7) is 2.94. The van der Waals surface area contributed by atoms with Gasteiger partial charge in [0.25, 0.3) is 0 Å². The first kappa shape index (κ1) is 13.0. The van der Waals surface area contributed by atoms with E-state index in [0.29, 0.717) is 0 Å². The van der Waals surface area contributed by atoms with E-state index in [1.165, 1.54) is 17.5 Å². The Morgan fingerprint density at radius 2 is 2.22 bits per heavy atom. The Kier molecular flexibility index (Phi) is 5.11. The van der Waals surface area contributed by atoms with Crippen LogP contribution in [0.1, 0.15) is 30.4 Å². The Balaban J connectivity index is 1.63. The molecule has 0 radical (unpaired) electrons. The number of unbranched alkanes of at least 4 members (excludes halogenated alkanes) is 2. The van der Waals surface area contributed by atoms with Crippen molar-refractivity contribution in [2.45, 2.75) is 32.1 Å². The Hall–Kier alpha value is -1.46. The maximum atomic E-state index is 5.50. The maximum Gasteiger partial charge on any atom is 0.122 e. The highest BCUT2D eigenvalue weighted by atomic mass is 16.5. The van der Waals surface area contributed by atoms with Gasteiger partial charge >= 0.3 is 0 Å². The molecule has 1 heterocycles. The van der Waals surface area contributed by atoms with Crippen molar-refractivity contribution in [2.75, 3.05) is 19.7 Å². The number of rotatable bonds is 7. The van der Waals surface area contributed by atoms with Gasteiger partial charge in [0.1, 0.15) is 5.75 Å². The largest absolute Gasteiger partial charge is 0.493 e. The Labute approximate surface area is 110 Å². The molecule has 0 fully saturated rings. The quantitative estimate of drug-likeness (QED) is 0.587. The fraction of sp³-hybridized carbons (Fsp3) is 0.500. The highest BCUT2D eigenvalue weighted by molar-refractivity contribution is 5.39. The average molecular weight is 243 g/mol. The molecule has 2 heteroatoms. The summed E-state index contributed by atoms with van der Waals surface area (Å²) in [5.74, 6) is 3.74. The highest BCUT2D eigenvalue weighted by Gasteiger charge is 2.11. The summed E-state index contributed by atoms with van der Waals surface area (Å²) in [4.78, 5) is 0. The van der Waals surface area contributed by atoms with E-state index in [1.807, 2.05) is 0 Å². The molecule has 18 heavy (non-hydrogen) atoms. The summed E-state index contributed by atoms with van der Waals surface area (Å²) in [5.41, 5.74) is 2.76. The summed E-state index contributed by atoms with van der Waals surface area (Å²) in [6.07, 6.45) is 10.5. The lowest BCUT2D eigenvalue weighted by atomic mass is 10.1. The van der Waals surface area contributed by atoms with Crippen LogP contribution < -0.4 is 10.1 Å². The van der Waals surface area contributed by atoms with Crippen LogP contribution in [-0.4, -0.2) is 19.7 Å². The van der Waals surface area contributed by atoms with E-state index in [2.05, 4.69) is 29.4 Å². The summed E-state index contributed by atoms with van der Waals surface area (Å²) >= 11 is 0. The van der Waals surface area contributed by atoms with E-state index in [9.17, 15) is 0 Å². The Morgan fingerprint density at radius 3 is 3.11 bits per heavy atom. The van der Waals surface area contributed by atoms with Gasteiger partial charge in [0.2, 0.25) is 0 Å². The van der Waals surface area contributed by atoms with Crippen molar-refractivity contribution in [3.05, 3.63) is 29.3 Å². The van der Waals surface area contributed by atoms with Gasteiger partial charge in [-0.05, 0) is 49.5 Å². The Morgan fingerprint density at radius 1 is 1.28 bits per heavy atom. The second kappa shape index (κ2) is 7.08. The molecule has 0 bridgehead atoms. The molecule has 1 aliphatic heterocycles. The van der Waals surface area contributed by atoms with Gasteiger partial charge in [-0.2, -0.15) is 0 Å². The van der Waals surface area contributed by atoms with Crippen LogP contribution in [0.4, 0.5) is 0 Å². The standard InChI is InChI=1S/C16H21NO/c1-2-3-4-5-10-17-11-8-14-6-7-16-15(13-14)9-12-18-16/h1,6-7,13,17H,3-5,8-12H2. The van der Waals surface area contributed by atoms with E-state index in [4.69, 9.17) is 11.2 Å². The molecule has 0 atom stereocenters. The normalized spacial score (nSPS) is 12.8. The van der Waals surface area contributed by atoms with Gasteiger partial charge in [-0.1, -0.05) is 12.1 Å². The van der Waals surface area contributed by atoms with Gasteiger partial charge < -0.3 is 10.1 Å². The zero-order valence-corrected chi connectivity index (χ0v) is 10.9. The zero-order valence-electron chi connectivity index (χ0n) is 10.9. The molecule has 0 unspecified atom stereocenters. The molecule has 0 spiro atoms. The van der Waals surface area contributed by atoms with Crippen molar-refractivity contribution in [1.82, 2.24) is 5.32 Å². The van der Waals surface area contributed by atoms with Crippen molar-refractivity contribution >= 4 is 0 Å². The molecule has 0 aliphatic carbocycles. The summed E-state index contributed by atoms with van der Waals surface area (Å²) in [5, 5.41) is 3.46. The lowest BCUT2D eigenvalue weighted by Crippen LogP contribution is -2.18. The highest BCUT2D eigenvalue weighted by Crippen LogP contribution is 2.25. The number of benzene rings is 1. The number of hydrogen-bond acceptors (Lipinski definition) is 2. The molecule has 1 aromatic rings. The second-order valence-corrected chi connectivity index (χ2v) is 4.70. The SMILES string of the molecule is C#CCCCCNCCc1ccc2c(c1)CCO2. The second-order valence-electron chi connectivity index (χ2n) is 4.70. The van der Waals surface area contributed by atoms with Crippen LogP contribution >= 0.6 is 0 Å². The predicted octanol–water partition coefficient (Wildman–Crippen LogP) is 2.56. The fourth-order valence-corrected chi connectivity index (χ4v) is 2.23. The van der Waals surface area contributed by atoms with Crippen molar-refractivity contribution in [1.29, 1.82) is 0 Å². The van der Waals surface area contributed by atoms with Gasteiger partial charge in [-0.25, -0.2) is 0 Å². The van der Waals surface area contributed by atoms with Crippen LogP contribution in [-0.2, 0) is 12.8 Å². The van der Waals surface area contributed by atoms with Crippen molar-refractivity contribution in [3.8, 4) is 18.1 Å². The summed E-state index contributed by atoms with van der Waals surface area (Å²) < 4.78 is 5.50. The minimum atomic E-state index is 0.839. The van der Waals surface area contributed by atoms with Crippen LogP contribution in [0, 0.1) is 12.3 Å². The third-order valence-electron chi connectivity index (χ3n) is 3.27. The maximum absolute atomic E-state index is 5.50. The van der Waals surface area contributed by atoms with Crippen LogP contribution in [0.5, 0.6) is 5.75 Å². The van der Waals surface area contributed by atoms with E-state index in [1.54, 1.807) is 0 Å². The van der Waals surface area contributed by atoms with E-state index >= 15 is 0 Å². The van der Waals surface area contributed by atoms with Gasteiger partial charge in [-0.3, -0.25) is 0 Å². The van der Waals surface area contributed by atoms with Crippen LogP contribution in [0.3, 0.4) is 0 Å². The third kappa shape index (κ3) is 3.78. The van der Waals surface area contributed by atoms with Crippen LogP contribution in [0.2, 0.25) is 0 Å². The van der Waals surface area contributed by atoms with E-state index in [0.717, 1.165) is 51.1 Å². The molecule has 1 aromatic carbocycles. The Bertz CT molecular complexity index is 420. The van der Waals surface area contributed by atoms with Crippen molar-refractivity contribution < 1.29 is 4.74 Å². The van der Waals surface area contributed by atoms with E-state index < -0.39 is 0 Å². The monoisotopic (exact) mass is 243 g/mol. The van der Waals surface area contributed by atoms with Gasteiger partial charge in [0.05, 0.1) is 6.61 Å². The lowest BCUT2D eigenvalue weighted by molar-refractivity contribution is 0.357. The van der Waals surface area contributed by atoms with Crippen LogP contribution in [0.15, 0.2) is 18.2 Å². The molecule has 96 valence electrons. The minimum Gasteiger partial charge on any atom is -0.493 e. The van der Waals surface area contributed by atoms with Crippen molar-refractivity contribution in [2.24, 2.45) is 0 Å². The number of hydrogen-bond donors (Lipinski definition) is 1. The fourth-order valence-electron chi connectivity index (χ4n) is 2.23. The third-order valence-corrected chi connectivity index (χ3v) is 3.27. The lowest BCUT2D eigenvalue weighted by Gasteiger charge is -2.06. The van der Waals surface area contributed by atoms with Gasteiger partial charge in [-0.15, -0.1) is 12.3 Å². The molecule has 0 saturated carbocycles. The first-order valence-electron chi connectivity index (χ1n) is 6.79. The molecule has 0 amide bonds. The average Bonchev–Trinajstić information content (AvgIpc) is 2.85. The number of fused-ring (bicyclic) bond motifs is 1. The molecule has 0 aromatic heterocycles. The molecular weight excluding hydrogens is 222 g/mol. The topological polar surface area (TPSA) is 21.3 Å². The number of ether oxygens (including phenoxy) is 1. The van der Waals surface area contributed by atoms with Gasteiger partial charge in [0, 0.05) is 12.8 Å². The summed E-state index contributed by atoms with van der Waals surface area (Å²) in [7, 11) is 0. The molecule has 2 nitrogen and oxygen atoms in total. The first-order valence-corrected chi connectivity index (χ1v) is 6.79. The molecule has 0 saturated heterocycles. The smallest absolute Gasteiger partial charge is 0.122 e. The van der Waals surface area contributed by atoms with Gasteiger partial charge in [0.15, 0.2) is 0 Å². The molecule has 2 rings (SSSR count). The summed E-state index contributed by atoms with van der Waals surface area (Å²) in [6, 6.07) is 6.55.